The predicted molar refractivity (Wildman–Crippen MR) is 97.6 cm³/mol. The van der Waals surface area contributed by atoms with Crippen molar-refractivity contribution in [1.29, 1.82) is 0 Å². The van der Waals surface area contributed by atoms with Crippen LogP contribution in [-0.2, 0) is 11.2 Å². The minimum Gasteiger partial charge on any atom is -0.493 e. The molecule has 2 unspecified atom stereocenters. The highest BCUT2D eigenvalue weighted by Gasteiger charge is 2.46. The average Bonchev–Trinajstić information content (AvgIpc) is 3.14. The lowest BCUT2D eigenvalue weighted by atomic mass is 9.84. The molecule has 0 saturated carbocycles. The van der Waals surface area contributed by atoms with Gasteiger partial charge in [0.1, 0.15) is 11.4 Å². The summed E-state index contributed by atoms with van der Waals surface area (Å²) in [6, 6.07) is 6.03. The Labute approximate surface area is 154 Å². The van der Waals surface area contributed by atoms with E-state index in [-0.39, 0.29) is 29.9 Å². The van der Waals surface area contributed by atoms with Crippen molar-refractivity contribution >= 4 is 11.9 Å². The third-order valence-electron chi connectivity index (χ3n) is 5.68. The van der Waals surface area contributed by atoms with Crippen LogP contribution in [0.25, 0.3) is 0 Å². The lowest BCUT2D eigenvalue weighted by Crippen LogP contribution is -2.49. The zero-order valence-electron chi connectivity index (χ0n) is 15.8. The maximum absolute atomic E-state index is 13.0. The fourth-order valence-corrected chi connectivity index (χ4v) is 4.58. The molecule has 2 fully saturated rings. The second-order valence-corrected chi connectivity index (χ2v) is 8.73. The molecule has 0 radical (unpaired) electrons. The number of rotatable bonds is 2. The van der Waals surface area contributed by atoms with Crippen LogP contribution in [0.2, 0.25) is 0 Å². The summed E-state index contributed by atoms with van der Waals surface area (Å²) in [6.07, 6.45) is 4.05. The Morgan fingerprint density at radius 2 is 1.85 bits per heavy atom. The molecule has 1 aromatic rings. The molecule has 3 heterocycles. The highest BCUT2D eigenvalue weighted by Crippen LogP contribution is 2.41. The summed E-state index contributed by atoms with van der Waals surface area (Å²) in [6.45, 7) is 6.37. The Morgan fingerprint density at radius 3 is 2.50 bits per heavy atom. The SMILES string of the molecule is CC(C)(C)OC(=O)N1C2CCC1CC(C(=O)c1ccc3c(c1)CCO3)C2. The van der Waals surface area contributed by atoms with E-state index in [1.54, 1.807) is 0 Å². The Morgan fingerprint density at radius 1 is 1.15 bits per heavy atom. The number of amides is 1. The molecular formula is C21H27NO4. The van der Waals surface area contributed by atoms with E-state index in [0.29, 0.717) is 6.61 Å². The minimum absolute atomic E-state index is 0.00782. The maximum Gasteiger partial charge on any atom is 0.410 e. The van der Waals surface area contributed by atoms with Gasteiger partial charge in [-0.15, -0.1) is 0 Å². The van der Waals surface area contributed by atoms with Gasteiger partial charge in [-0.25, -0.2) is 4.79 Å². The summed E-state index contributed by atoms with van der Waals surface area (Å²) in [5, 5.41) is 0. The third kappa shape index (κ3) is 3.19. The number of hydrogen-bond acceptors (Lipinski definition) is 4. The van der Waals surface area contributed by atoms with Gasteiger partial charge in [0, 0.05) is 30.0 Å². The number of Topliss-reactive ketones (excluding diaryl/α,β-unsaturated/α-hetero) is 1. The van der Waals surface area contributed by atoms with Crippen LogP contribution >= 0.6 is 0 Å². The maximum atomic E-state index is 13.0. The van der Waals surface area contributed by atoms with Crippen molar-refractivity contribution in [3.63, 3.8) is 0 Å². The number of hydrogen-bond donors (Lipinski definition) is 0. The smallest absolute Gasteiger partial charge is 0.410 e. The van der Waals surface area contributed by atoms with Crippen LogP contribution in [0.5, 0.6) is 5.75 Å². The number of carbonyl (C=O) groups excluding carboxylic acids is 2. The average molecular weight is 357 g/mol. The molecule has 4 rings (SSSR count). The van der Waals surface area contributed by atoms with Crippen molar-refractivity contribution in [3.05, 3.63) is 29.3 Å². The predicted octanol–water partition coefficient (Wildman–Crippen LogP) is 3.98. The molecule has 0 aliphatic carbocycles. The van der Waals surface area contributed by atoms with E-state index in [9.17, 15) is 9.59 Å². The molecule has 5 nitrogen and oxygen atoms in total. The molecule has 140 valence electrons. The van der Waals surface area contributed by atoms with Gasteiger partial charge in [0.15, 0.2) is 5.78 Å². The monoisotopic (exact) mass is 357 g/mol. The van der Waals surface area contributed by atoms with Gasteiger partial charge in [-0.1, -0.05) is 0 Å². The van der Waals surface area contributed by atoms with Crippen molar-refractivity contribution in [2.75, 3.05) is 6.61 Å². The summed E-state index contributed by atoms with van der Waals surface area (Å²) < 4.78 is 11.1. The molecular weight excluding hydrogens is 330 g/mol. The van der Waals surface area contributed by atoms with Crippen molar-refractivity contribution in [2.45, 2.75) is 70.6 Å². The molecule has 0 N–H and O–H groups in total. The lowest BCUT2D eigenvalue weighted by molar-refractivity contribution is 0.00254. The van der Waals surface area contributed by atoms with Crippen molar-refractivity contribution < 1.29 is 19.1 Å². The quantitative estimate of drug-likeness (QED) is 0.751. The van der Waals surface area contributed by atoms with Crippen LogP contribution < -0.4 is 4.74 Å². The number of benzene rings is 1. The first-order chi connectivity index (χ1) is 12.3. The number of carbonyl (C=O) groups is 2. The Bertz CT molecular complexity index is 722. The first-order valence-corrected chi connectivity index (χ1v) is 9.63. The summed E-state index contributed by atoms with van der Waals surface area (Å²) in [5.74, 6) is 1.10. The third-order valence-corrected chi connectivity index (χ3v) is 5.68. The summed E-state index contributed by atoms with van der Waals surface area (Å²) in [5.41, 5.74) is 1.42. The number of ketones is 1. The van der Waals surface area contributed by atoms with Gasteiger partial charge in [-0.2, -0.15) is 0 Å². The lowest BCUT2D eigenvalue weighted by Gasteiger charge is -2.39. The Hall–Kier alpha value is -2.04. The molecule has 3 aliphatic rings. The van der Waals surface area contributed by atoms with Crippen LogP contribution in [0.3, 0.4) is 0 Å². The van der Waals surface area contributed by atoms with Gasteiger partial charge >= 0.3 is 6.09 Å². The second kappa shape index (κ2) is 6.29. The molecule has 2 saturated heterocycles. The van der Waals surface area contributed by atoms with Gasteiger partial charge in [-0.3, -0.25) is 4.79 Å². The molecule has 0 spiro atoms. The highest BCUT2D eigenvalue weighted by atomic mass is 16.6. The first-order valence-electron chi connectivity index (χ1n) is 9.63. The highest BCUT2D eigenvalue weighted by molar-refractivity contribution is 5.98. The fourth-order valence-electron chi connectivity index (χ4n) is 4.58. The number of fused-ring (bicyclic) bond motifs is 3. The van der Waals surface area contributed by atoms with Gasteiger partial charge < -0.3 is 14.4 Å². The molecule has 2 bridgehead atoms. The zero-order chi connectivity index (χ0) is 18.5. The number of piperidine rings is 1. The van der Waals surface area contributed by atoms with Crippen LogP contribution in [0.15, 0.2) is 18.2 Å². The van der Waals surface area contributed by atoms with Crippen molar-refractivity contribution in [3.8, 4) is 5.75 Å². The Balaban J connectivity index is 1.47. The second-order valence-electron chi connectivity index (χ2n) is 8.73. The van der Waals surface area contributed by atoms with E-state index in [1.807, 2.05) is 43.9 Å². The number of nitrogens with zero attached hydrogens (tertiary/aromatic N) is 1. The summed E-state index contributed by atoms with van der Waals surface area (Å²) >= 11 is 0. The topological polar surface area (TPSA) is 55.8 Å². The van der Waals surface area contributed by atoms with E-state index in [2.05, 4.69) is 0 Å². The normalized spacial score (nSPS) is 27.0. The zero-order valence-corrected chi connectivity index (χ0v) is 15.8. The first kappa shape index (κ1) is 17.4. The summed E-state index contributed by atoms with van der Waals surface area (Å²) in [4.78, 5) is 27.5. The van der Waals surface area contributed by atoms with Crippen LogP contribution in [0, 0.1) is 5.92 Å². The standard InChI is InChI=1S/C21H27NO4/c1-21(2,3)26-20(24)22-16-5-6-17(22)12-15(11-16)19(23)14-4-7-18-13(10-14)8-9-25-18/h4,7,10,15-17H,5-6,8-9,11-12H2,1-3H3. The molecule has 1 amide bonds. The van der Waals surface area contributed by atoms with Gasteiger partial charge in [0.25, 0.3) is 0 Å². The molecule has 26 heavy (non-hydrogen) atoms. The number of ether oxygens (including phenoxy) is 2. The van der Waals surface area contributed by atoms with Gasteiger partial charge in [-0.05, 0) is 70.2 Å². The fraction of sp³-hybridized carbons (Fsp3) is 0.619. The Kier molecular flexibility index (Phi) is 4.20. The minimum atomic E-state index is -0.490. The molecule has 0 aromatic heterocycles. The summed E-state index contributed by atoms with van der Waals surface area (Å²) in [7, 11) is 0. The van der Waals surface area contributed by atoms with E-state index in [4.69, 9.17) is 9.47 Å². The van der Waals surface area contributed by atoms with E-state index in [1.165, 1.54) is 0 Å². The molecule has 1 aromatic carbocycles. The van der Waals surface area contributed by atoms with Crippen molar-refractivity contribution in [1.82, 2.24) is 4.90 Å². The largest absolute Gasteiger partial charge is 0.493 e. The molecule has 3 aliphatic heterocycles. The van der Waals surface area contributed by atoms with Crippen LogP contribution in [-0.4, -0.2) is 41.1 Å². The molecule has 2 atom stereocenters. The van der Waals surface area contributed by atoms with Crippen LogP contribution in [0.1, 0.15) is 62.4 Å². The van der Waals surface area contributed by atoms with Gasteiger partial charge in [0.05, 0.1) is 6.61 Å². The van der Waals surface area contributed by atoms with Crippen LogP contribution in [0.4, 0.5) is 4.79 Å². The van der Waals surface area contributed by atoms with Gasteiger partial charge in [0.2, 0.25) is 0 Å². The van der Waals surface area contributed by atoms with E-state index >= 15 is 0 Å². The molecule has 5 heteroatoms. The van der Waals surface area contributed by atoms with E-state index < -0.39 is 5.60 Å². The van der Waals surface area contributed by atoms with E-state index in [0.717, 1.165) is 49.0 Å². The van der Waals surface area contributed by atoms with Crippen molar-refractivity contribution in [2.24, 2.45) is 5.92 Å².